The summed E-state index contributed by atoms with van der Waals surface area (Å²) >= 11 is 2.12. The van der Waals surface area contributed by atoms with Crippen LogP contribution in [-0.4, -0.2) is 43.8 Å². The first kappa shape index (κ1) is 33.1. The molecule has 4 rings (SSSR count). The summed E-state index contributed by atoms with van der Waals surface area (Å²) in [6, 6.07) is 28.7. The van der Waals surface area contributed by atoms with Crippen molar-refractivity contribution in [2.75, 3.05) is 10.8 Å². The summed E-state index contributed by atoms with van der Waals surface area (Å²) in [5.74, 6) is -1.58. The van der Waals surface area contributed by atoms with Crippen molar-refractivity contribution in [2.24, 2.45) is 0 Å². The highest BCUT2D eigenvalue weighted by Gasteiger charge is 2.35. The van der Waals surface area contributed by atoms with Crippen LogP contribution in [0.2, 0.25) is 0 Å². The zero-order valence-electron chi connectivity index (χ0n) is 24.6. The van der Waals surface area contributed by atoms with Crippen LogP contribution in [0.4, 0.5) is 10.1 Å². The summed E-state index contributed by atoms with van der Waals surface area (Å²) in [7, 11) is -4.20. The first-order valence-electron chi connectivity index (χ1n) is 14.3. The SMILES string of the molecule is CC[C@H](C)NC(=O)[C@H](Cc1ccccc1)N(Cc1ccccc1F)C(=O)CN(c1ccc(I)cc1)S(=O)(=O)c1ccccc1. The molecule has 0 spiro atoms. The van der Waals surface area contributed by atoms with E-state index in [1.807, 2.05) is 44.2 Å². The third-order valence-corrected chi connectivity index (χ3v) is 9.80. The van der Waals surface area contributed by atoms with Crippen LogP contribution in [0.15, 0.2) is 114 Å². The van der Waals surface area contributed by atoms with E-state index in [0.717, 1.165) is 13.4 Å². The number of hydrogen-bond donors (Lipinski definition) is 1. The molecular formula is C34H35FIN3O4S. The highest BCUT2D eigenvalue weighted by Crippen LogP contribution is 2.26. The number of benzene rings is 4. The number of nitrogens with one attached hydrogen (secondary N) is 1. The van der Waals surface area contributed by atoms with Crippen molar-refractivity contribution in [1.82, 2.24) is 10.2 Å². The number of nitrogens with zero attached hydrogens (tertiary/aromatic N) is 2. The Labute approximate surface area is 272 Å². The lowest BCUT2D eigenvalue weighted by molar-refractivity contribution is -0.140. The molecule has 0 saturated heterocycles. The van der Waals surface area contributed by atoms with Crippen molar-refractivity contribution in [3.8, 4) is 0 Å². The Bertz CT molecular complexity index is 1660. The molecule has 4 aromatic rings. The van der Waals surface area contributed by atoms with Gasteiger partial charge in [-0.05, 0) is 84.0 Å². The van der Waals surface area contributed by atoms with Gasteiger partial charge in [0.2, 0.25) is 11.8 Å². The van der Waals surface area contributed by atoms with Crippen LogP contribution in [0.3, 0.4) is 0 Å². The van der Waals surface area contributed by atoms with Crippen molar-refractivity contribution in [2.45, 2.75) is 50.2 Å². The molecule has 0 heterocycles. The van der Waals surface area contributed by atoms with Crippen molar-refractivity contribution < 1.29 is 22.4 Å². The second-order valence-corrected chi connectivity index (χ2v) is 13.5. The maximum absolute atomic E-state index is 15.0. The monoisotopic (exact) mass is 727 g/mol. The molecule has 0 aliphatic rings. The number of halogens is 2. The van der Waals surface area contributed by atoms with Gasteiger partial charge in [0.1, 0.15) is 18.4 Å². The fraction of sp³-hybridized carbons (Fsp3) is 0.235. The lowest BCUT2D eigenvalue weighted by atomic mass is 10.0. The second-order valence-electron chi connectivity index (χ2n) is 10.4. The van der Waals surface area contributed by atoms with E-state index >= 15 is 0 Å². The van der Waals surface area contributed by atoms with Gasteiger partial charge in [0.25, 0.3) is 10.0 Å². The van der Waals surface area contributed by atoms with Gasteiger partial charge in [-0.2, -0.15) is 0 Å². The van der Waals surface area contributed by atoms with Gasteiger partial charge in [-0.1, -0.05) is 73.7 Å². The third-order valence-electron chi connectivity index (χ3n) is 7.30. The minimum Gasteiger partial charge on any atom is -0.352 e. The Morgan fingerprint density at radius 1 is 0.864 bits per heavy atom. The smallest absolute Gasteiger partial charge is 0.264 e. The number of amides is 2. The predicted octanol–water partition coefficient (Wildman–Crippen LogP) is 6.18. The molecule has 0 bridgehead atoms. The summed E-state index contributed by atoms with van der Waals surface area (Å²) in [4.78, 5) is 29.5. The summed E-state index contributed by atoms with van der Waals surface area (Å²) < 4.78 is 44.9. The quantitative estimate of drug-likeness (QED) is 0.167. The van der Waals surface area contributed by atoms with Crippen LogP contribution in [0.1, 0.15) is 31.4 Å². The van der Waals surface area contributed by atoms with E-state index in [9.17, 15) is 22.4 Å². The van der Waals surface area contributed by atoms with E-state index in [2.05, 4.69) is 27.9 Å². The fourth-order valence-corrected chi connectivity index (χ4v) is 6.46. The molecule has 2 amide bonds. The Hall–Kier alpha value is -3.77. The zero-order chi connectivity index (χ0) is 31.7. The van der Waals surface area contributed by atoms with Crippen molar-refractivity contribution in [3.63, 3.8) is 0 Å². The number of anilines is 1. The lowest BCUT2D eigenvalue weighted by Crippen LogP contribution is -2.54. The highest BCUT2D eigenvalue weighted by atomic mass is 127. The number of hydrogen-bond acceptors (Lipinski definition) is 4. The molecule has 1 N–H and O–H groups in total. The van der Waals surface area contributed by atoms with Gasteiger partial charge in [-0.25, -0.2) is 12.8 Å². The summed E-state index contributed by atoms with van der Waals surface area (Å²) in [5.41, 5.74) is 1.30. The Morgan fingerprint density at radius 3 is 2.07 bits per heavy atom. The zero-order valence-corrected chi connectivity index (χ0v) is 27.5. The average Bonchev–Trinajstić information content (AvgIpc) is 3.03. The number of sulfonamides is 1. The molecule has 0 radical (unpaired) electrons. The van der Waals surface area contributed by atoms with E-state index < -0.39 is 40.2 Å². The van der Waals surface area contributed by atoms with Gasteiger partial charge < -0.3 is 10.2 Å². The second kappa shape index (κ2) is 15.3. The molecule has 2 atom stereocenters. The number of carbonyl (C=O) groups excluding carboxylic acids is 2. The summed E-state index contributed by atoms with van der Waals surface area (Å²) in [5, 5.41) is 2.97. The van der Waals surface area contributed by atoms with Crippen molar-refractivity contribution in [1.29, 1.82) is 0 Å². The molecular weight excluding hydrogens is 692 g/mol. The van der Waals surface area contributed by atoms with Crippen LogP contribution < -0.4 is 9.62 Å². The highest BCUT2D eigenvalue weighted by molar-refractivity contribution is 14.1. The van der Waals surface area contributed by atoms with E-state index in [0.29, 0.717) is 6.42 Å². The maximum Gasteiger partial charge on any atom is 0.264 e. The van der Waals surface area contributed by atoms with E-state index in [-0.39, 0.29) is 35.2 Å². The normalized spacial score (nSPS) is 12.6. The minimum absolute atomic E-state index is 0.0161. The van der Waals surface area contributed by atoms with Crippen LogP contribution in [-0.2, 0) is 32.6 Å². The van der Waals surface area contributed by atoms with Crippen molar-refractivity contribution >= 4 is 50.1 Å². The molecule has 0 aliphatic carbocycles. The Morgan fingerprint density at radius 2 is 1.45 bits per heavy atom. The van der Waals surface area contributed by atoms with Gasteiger partial charge >= 0.3 is 0 Å². The Kier molecular flexibility index (Phi) is 11.5. The van der Waals surface area contributed by atoms with E-state index in [4.69, 9.17) is 0 Å². The third kappa shape index (κ3) is 8.44. The van der Waals surface area contributed by atoms with Gasteiger partial charge in [0.05, 0.1) is 10.6 Å². The molecule has 230 valence electrons. The lowest BCUT2D eigenvalue weighted by Gasteiger charge is -2.34. The molecule has 10 heteroatoms. The minimum atomic E-state index is -4.20. The molecule has 4 aromatic carbocycles. The van der Waals surface area contributed by atoms with E-state index in [1.54, 1.807) is 60.7 Å². The molecule has 0 aliphatic heterocycles. The molecule has 0 saturated carbocycles. The van der Waals surface area contributed by atoms with Gasteiger partial charge in [0, 0.05) is 28.1 Å². The fourth-order valence-electron chi connectivity index (χ4n) is 4.66. The average molecular weight is 728 g/mol. The van der Waals surface area contributed by atoms with Gasteiger partial charge in [-0.3, -0.25) is 13.9 Å². The molecule has 7 nitrogen and oxygen atoms in total. The van der Waals surface area contributed by atoms with E-state index in [1.165, 1.54) is 23.1 Å². The predicted molar refractivity (Wildman–Crippen MR) is 179 cm³/mol. The largest absolute Gasteiger partial charge is 0.352 e. The summed E-state index contributed by atoms with van der Waals surface area (Å²) in [6.07, 6.45) is 0.819. The van der Waals surface area contributed by atoms with Gasteiger partial charge in [0.15, 0.2) is 0 Å². The standard InChI is InChI=1S/C34H35FIN3O4S/c1-3-25(2)37-34(41)32(22-26-12-6-4-7-13-26)38(23-27-14-10-11-17-31(27)35)33(40)24-39(29-20-18-28(36)19-21-29)44(42,43)30-15-8-5-9-16-30/h4-21,25,32H,3,22-24H2,1-2H3,(H,37,41)/t25-,32-/m0/s1. The van der Waals surface area contributed by atoms with Crippen LogP contribution in [0, 0.1) is 9.39 Å². The molecule has 0 aromatic heterocycles. The van der Waals surface area contributed by atoms with Crippen LogP contribution in [0.5, 0.6) is 0 Å². The van der Waals surface area contributed by atoms with Crippen molar-refractivity contribution in [3.05, 3.63) is 130 Å². The number of carbonyl (C=O) groups is 2. The topological polar surface area (TPSA) is 86.8 Å². The first-order chi connectivity index (χ1) is 21.1. The molecule has 0 unspecified atom stereocenters. The molecule has 44 heavy (non-hydrogen) atoms. The number of rotatable bonds is 13. The maximum atomic E-state index is 15.0. The van der Waals surface area contributed by atoms with Crippen LogP contribution in [0.25, 0.3) is 0 Å². The Balaban J connectivity index is 1.80. The summed E-state index contributed by atoms with van der Waals surface area (Å²) in [6.45, 7) is 2.97. The van der Waals surface area contributed by atoms with Gasteiger partial charge in [-0.15, -0.1) is 0 Å². The first-order valence-corrected chi connectivity index (χ1v) is 16.8. The molecule has 0 fully saturated rings. The van der Waals surface area contributed by atoms with Crippen LogP contribution >= 0.6 is 22.6 Å².